The van der Waals surface area contributed by atoms with Gasteiger partial charge in [0.25, 0.3) is 0 Å². The van der Waals surface area contributed by atoms with Crippen molar-refractivity contribution in [1.82, 2.24) is 9.97 Å². The fraction of sp³-hybridized carbons (Fsp3) is 0.333. The van der Waals surface area contributed by atoms with Gasteiger partial charge in [0.1, 0.15) is 17.9 Å². The Morgan fingerprint density at radius 2 is 2.05 bits per heavy atom. The van der Waals surface area contributed by atoms with Crippen molar-refractivity contribution < 1.29 is 4.74 Å². The van der Waals surface area contributed by atoms with Gasteiger partial charge in [-0.15, -0.1) is 0 Å². The van der Waals surface area contributed by atoms with E-state index in [-0.39, 0.29) is 0 Å². The lowest BCUT2D eigenvalue weighted by Crippen LogP contribution is -2.02. The predicted molar refractivity (Wildman–Crippen MR) is 77.5 cm³/mol. The van der Waals surface area contributed by atoms with Gasteiger partial charge in [-0.05, 0) is 37.1 Å². The molecule has 0 aliphatic rings. The molecule has 0 amide bonds. The highest BCUT2D eigenvalue weighted by molar-refractivity contribution is 5.66. The van der Waals surface area contributed by atoms with Crippen LogP contribution in [-0.4, -0.2) is 23.6 Å². The topological polar surface area (TPSA) is 47.0 Å². The molecule has 1 aromatic heterocycles. The molecule has 4 heteroatoms. The van der Waals surface area contributed by atoms with E-state index >= 15 is 0 Å². The molecule has 2 rings (SSSR count). The van der Waals surface area contributed by atoms with Gasteiger partial charge < -0.3 is 10.1 Å². The van der Waals surface area contributed by atoms with Gasteiger partial charge in [0, 0.05) is 18.2 Å². The molecule has 2 aromatic rings. The predicted octanol–water partition coefficient (Wildman–Crippen LogP) is 3.28. The van der Waals surface area contributed by atoms with Gasteiger partial charge in [-0.1, -0.05) is 6.92 Å². The average Bonchev–Trinajstić information content (AvgIpc) is 2.45. The molecule has 0 unspecified atom stereocenters. The number of hydrogen-bond donors (Lipinski definition) is 1. The van der Waals surface area contributed by atoms with E-state index < -0.39 is 0 Å². The number of ether oxygens (including phenoxy) is 1. The minimum atomic E-state index is 0.861. The maximum Gasteiger partial charge on any atom is 0.129 e. The zero-order valence-corrected chi connectivity index (χ0v) is 11.6. The lowest BCUT2D eigenvalue weighted by molar-refractivity contribution is 0.414. The standard InChI is InChI=1S/C15H19N3O/c1-4-7-16-15-9-14(17-10-18-15)13-6-5-12(19-3)8-11(13)2/h5-6,8-10H,4,7H2,1-3H3,(H,16,17,18). The molecular formula is C15H19N3O. The summed E-state index contributed by atoms with van der Waals surface area (Å²) >= 11 is 0. The van der Waals surface area contributed by atoms with Crippen LogP contribution in [0.4, 0.5) is 5.82 Å². The molecule has 4 nitrogen and oxygen atoms in total. The quantitative estimate of drug-likeness (QED) is 0.893. The Balaban J connectivity index is 2.30. The van der Waals surface area contributed by atoms with Crippen molar-refractivity contribution in [3.05, 3.63) is 36.2 Å². The third-order valence-corrected chi connectivity index (χ3v) is 2.93. The van der Waals surface area contributed by atoms with Crippen molar-refractivity contribution in [3.63, 3.8) is 0 Å². The van der Waals surface area contributed by atoms with Crippen LogP contribution in [0.15, 0.2) is 30.6 Å². The van der Waals surface area contributed by atoms with Gasteiger partial charge in [-0.2, -0.15) is 0 Å². The average molecular weight is 257 g/mol. The Morgan fingerprint density at radius 1 is 1.21 bits per heavy atom. The molecular weight excluding hydrogens is 238 g/mol. The molecule has 0 fully saturated rings. The first-order chi connectivity index (χ1) is 9.24. The summed E-state index contributed by atoms with van der Waals surface area (Å²) in [5, 5.41) is 3.27. The molecule has 0 saturated carbocycles. The summed E-state index contributed by atoms with van der Waals surface area (Å²) in [5.74, 6) is 1.72. The first kappa shape index (κ1) is 13.3. The second-order valence-electron chi connectivity index (χ2n) is 4.40. The Morgan fingerprint density at radius 3 is 2.74 bits per heavy atom. The Labute approximate surface area is 113 Å². The van der Waals surface area contributed by atoms with E-state index in [0.29, 0.717) is 0 Å². The van der Waals surface area contributed by atoms with Gasteiger partial charge in [0.2, 0.25) is 0 Å². The number of anilines is 1. The van der Waals surface area contributed by atoms with E-state index in [0.717, 1.165) is 41.4 Å². The number of methoxy groups -OCH3 is 1. The second kappa shape index (κ2) is 6.18. The number of hydrogen-bond acceptors (Lipinski definition) is 4. The van der Waals surface area contributed by atoms with Gasteiger partial charge in [0.05, 0.1) is 12.8 Å². The zero-order valence-electron chi connectivity index (χ0n) is 11.6. The Hall–Kier alpha value is -2.10. The van der Waals surface area contributed by atoms with Crippen LogP contribution in [0.5, 0.6) is 5.75 Å². The highest BCUT2D eigenvalue weighted by Gasteiger charge is 2.06. The highest BCUT2D eigenvalue weighted by atomic mass is 16.5. The fourth-order valence-corrected chi connectivity index (χ4v) is 1.90. The normalized spacial score (nSPS) is 10.3. The first-order valence-electron chi connectivity index (χ1n) is 6.45. The Bertz CT molecular complexity index is 555. The number of benzene rings is 1. The number of nitrogens with zero attached hydrogens (tertiary/aromatic N) is 2. The molecule has 1 heterocycles. The van der Waals surface area contributed by atoms with Crippen molar-refractivity contribution in [2.45, 2.75) is 20.3 Å². The molecule has 0 saturated heterocycles. The van der Waals surface area contributed by atoms with E-state index in [4.69, 9.17) is 4.74 Å². The number of nitrogens with one attached hydrogen (secondary N) is 1. The first-order valence-corrected chi connectivity index (χ1v) is 6.45. The van der Waals surface area contributed by atoms with Crippen LogP contribution < -0.4 is 10.1 Å². The second-order valence-corrected chi connectivity index (χ2v) is 4.40. The molecule has 0 bridgehead atoms. The minimum absolute atomic E-state index is 0.861. The maximum atomic E-state index is 5.22. The summed E-state index contributed by atoms with van der Waals surface area (Å²) in [6, 6.07) is 7.96. The van der Waals surface area contributed by atoms with Crippen LogP contribution in [0.1, 0.15) is 18.9 Å². The summed E-state index contributed by atoms with van der Waals surface area (Å²) in [6.07, 6.45) is 2.66. The SMILES string of the molecule is CCCNc1cc(-c2ccc(OC)cc2C)ncn1. The monoisotopic (exact) mass is 257 g/mol. The van der Waals surface area contributed by atoms with Crippen LogP contribution in [0.3, 0.4) is 0 Å². The van der Waals surface area contributed by atoms with Crippen molar-refractivity contribution in [2.75, 3.05) is 19.0 Å². The van der Waals surface area contributed by atoms with E-state index in [1.807, 2.05) is 24.3 Å². The molecule has 0 aliphatic carbocycles. The third-order valence-electron chi connectivity index (χ3n) is 2.93. The van der Waals surface area contributed by atoms with Crippen LogP contribution in [0.25, 0.3) is 11.3 Å². The van der Waals surface area contributed by atoms with Crippen LogP contribution in [-0.2, 0) is 0 Å². The summed E-state index contributed by atoms with van der Waals surface area (Å²) in [7, 11) is 1.67. The summed E-state index contributed by atoms with van der Waals surface area (Å²) in [5.41, 5.74) is 3.16. The molecule has 1 aromatic carbocycles. The lowest BCUT2D eigenvalue weighted by atomic mass is 10.1. The van der Waals surface area contributed by atoms with Crippen LogP contribution >= 0.6 is 0 Å². The smallest absolute Gasteiger partial charge is 0.129 e. The van der Waals surface area contributed by atoms with Crippen LogP contribution in [0.2, 0.25) is 0 Å². The van der Waals surface area contributed by atoms with Crippen molar-refractivity contribution >= 4 is 5.82 Å². The van der Waals surface area contributed by atoms with Crippen LogP contribution in [0, 0.1) is 6.92 Å². The van der Waals surface area contributed by atoms with E-state index in [9.17, 15) is 0 Å². The van der Waals surface area contributed by atoms with Crippen molar-refractivity contribution in [1.29, 1.82) is 0 Å². The third kappa shape index (κ3) is 3.22. The minimum Gasteiger partial charge on any atom is -0.497 e. The molecule has 0 spiro atoms. The molecule has 19 heavy (non-hydrogen) atoms. The zero-order chi connectivity index (χ0) is 13.7. The summed E-state index contributed by atoms with van der Waals surface area (Å²) in [4.78, 5) is 8.56. The van der Waals surface area contributed by atoms with Crippen molar-refractivity contribution in [3.8, 4) is 17.0 Å². The molecule has 0 atom stereocenters. The molecule has 1 N–H and O–H groups in total. The lowest BCUT2D eigenvalue weighted by Gasteiger charge is -2.09. The number of aryl methyl sites for hydroxylation is 1. The van der Waals surface area contributed by atoms with Gasteiger partial charge in [-0.25, -0.2) is 9.97 Å². The Kier molecular flexibility index (Phi) is 4.34. The van der Waals surface area contributed by atoms with Gasteiger partial charge in [0.15, 0.2) is 0 Å². The largest absolute Gasteiger partial charge is 0.497 e. The van der Waals surface area contributed by atoms with E-state index in [1.165, 1.54) is 0 Å². The van der Waals surface area contributed by atoms with Crippen molar-refractivity contribution in [2.24, 2.45) is 0 Å². The fourth-order valence-electron chi connectivity index (χ4n) is 1.90. The molecule has 0 radical (unpaired) electrons. The van der Waals surface area contributed by atoms with E-state index in [2.05, 4.69) is 29.1 Å². The summed E-state index contributed by atoms with van der Waals surface area (Å²) in [6.45, 7) is 5.10. The highest BCUT2D eigenvalue weighted by Crippen LogP contribution is 2.26. The summed E-state index contributed by atoms with van der Waals surface area (Å²) < 4.78 is 5.22. The number of aromatic nitrogens is 2. The van der Waals surface area contributed by atoms with Gasteiger partial charge >= 0.3 is 0 Å². The van der Waals surface area contributed by atoms with Gasteiger partial charge in [-0.3, -0.25) is 0 Å². The maximum absolute atomic E-state index is 5.22. The van der Waals surface area contributed by atoms with E-state index in [1.54, 1.807) is 13.4 Å². The number of rotatable bonds is 5. The molecule has 100 valence electrons. The molecule has 0 aliphatic heterocycles.